The van der Waals surface area contributed by atoms with Gasteiger partial charge in [0.2, 0.25) is 0 Å². The molecule has 1 fully saturated rings. The molecule has 1 amide bonds. The van der Waals surface area contributed by atoms with Gasteiger partial charge in [0.15, 0.2) is 0 Å². The molecule has 0 unspecified atom stereocenters. The summed E-state index contributed by atoms with van der Waals surface area (Å²) in [6, 6.07) is 3.41. The third-order valence-electron chi connectivity index (χ3n) is 3.61. The maximum atomic E-state index is 12.3. The zero-order chi connectivity index (χ0) is 16.5. The molecule has 2 rings (SSSR count). The molecule has 0 radical (unpaired) electrons. The number of hydrogen-bond acceptors (Lipinski definition) is 4. The van der Waals surface area contributed by atoms with Gasteiger partial charge < -0.3 is 21.3 Å². The molecule has 0 spiro atoms. The number of carbonyl (C=O) groups is 1. The van der Waals surface area contributed by atoms with Gasteiger partial charge in [-0.2, -0.15) is 13.2 Å². The first kappa shape index (κ1) is 16.3. The van der Waals surface area contributed by atoms with Crippen LogP contribution in [0.3, 0.4) is 0 Å². The summed E-state index contributed by atoms with van der Waals surface area (Å²) in [5.41, 5.74) is 7.49. The Morgan fingerprint density at radius 1 is 1.41 bits per heavy atom. The molecule has 1 aromatic carbocycles. The Morgan fingerprint density at radius 3 is 2.55 bits per heavy atom. The molecule has 0 saturated heterocycles. The van der Waals surface area contributed by atoms with Crippen molar-refractivity contribution in [3.63, 3.8) is 0 Å². The van der Waals surface area contributed by atoms with Gasteiger partial charge in [0.1, 0.15) is 6.54 Å². The van der Waals surface area contributed by atoms with Crippen LogP contribution in [-0.4, -0.2) is 38.8 Å². The number of amides is 1. The first-order valence-corrected chi connectivity index (χ1v) is 6.92. The highest BCUT2D eigenvalue weighted by molar-refractivity contribution is 6.02. The van der Waals surface area contributed by atoms with Crippen LogP contribution in [-0.2, 0) is 0 Å². The molecule has 122 valence electrons. The molecule has 0 heterocycles. The fourth-order valence-electron chi connectivity index (χ4n) is 2.23. The van der Waals surface area contributed by atoms with Crippen LogP contribution < -0.4 is 21.3 Å². The van der Waals surface area contributed by atoms with E-state index in [1.807, 2.05) is 17.3 Å². The number of hydrogen-bond donors (Lipinski definition) is 3. The highest BCUT2D eigenvalue weighted by Gasteiger charge is 2.31. The molecule has 1 aromatic rings. The average molecular weight is 316 g/mol. The zero-order valence-electron chi connectivity index (χ0n) is 12.4. The second-order valence-electron chi connectivity index (χ2n) is 5.35. The van der Waals surface area contributed by atoms with Gasteiger partial charge in [0.05, 0.1) is 22.6 Å². The van der Waals surface area contributed by atoms with E-state index < -0.39 is 18.6 Å². The largest absolute Gasteiger partial charge is 0.405 e. The average Bonchev–Trinajstić information content (AvgIpc) is 3.27. The van der Waals surface area contributed by atoms with Crippen molar-refractivity contribution in [2.75, 3.05) is 36.6 Å². The van der Waals surface area contributed by atoms with Gasteiger partial charge in [-0.15, -0.1) is 0 Å². The summed E-state index contributed by atoms with van der Waals surface area (Å²) in [4.78, 5) is 14.0. The molecule has 0 aromatic heterocycles. The fourth-order valence-corrected chi connectivity index (χ4v) is 2.23. The minimum Gasteiger partial charge on any atom is -0.397 e. The fraction of sp³-hybridized carbons (Fsp3) is 0.500. The van der Waals surface area contributed by atoms with Gasteiger partial charge in [-0.1, -0.05) is 0 Å². The quantitative estimate of drug-likeness (QED) is 0.728. The maximum Gasteiger partial charge on any atom is 0.405 e. The van der Waals surface area contributed by atoms with Crippen molar-refractivity contribution >= 4 is 23.0 Å². The molecule has 1 saturated carbocycles. The number of nitrogens with two attached hydrogens (primary N) is 1. The first-order chi connectivity index (χ1) is 10.2. The Kier molecular flexibility index (Phi) is 4.39. The van der Waals surface area contributed by atoms with E-state index in [1.54, 1.807) is 13.1 Å². The topological polar surface area (TPSA) is 70.4 Å². The molecular formula is C14H19F3N4O. The maximum absolute atomic E-state index is 12.3. The summed E-state index contributed by atoms with van der Waals surface area (Å²) in [5, 5.41) is 4.80. The second kappa shape index (κ2) is 5.94. The molecule has 8 heteroatoms. The number of nitrogens with zero attached hydrogens (tertiary/aromatic N) is 1. The Morgan fingerprint density at radius 2 is 2.05 bits per heavy atom. The standard InChI is InChI=1S/C14H19F3N4O/c1-19-11-6-12(21(2)8-3-4-8)9(5-10(11)18)13(22)20-7-14(15,16)17/h5-6,8,19H,3-4,7,18H2,1-2H3,(H,20,22). The molecule has 0 atom stereocenters. The van der Waals surface area contributed by atoms with E-state index >= 15 is 0 Å². The number of nitrogens with one attached hydrogen (secondary N) is 2. The third-order valence-corrected chi connectivity index (χ3v) is 3.61. The summed E-state index contributed by atoms with van der Waals surface area (Å²) in [7, 11) is 3.51. The van der Waals surface area contributed by atoms with Crippen LogP contribution >= 0.6 is 0 Å². The van der Waals surface area contributed by atoms with Crippen LogP contribution in [0.15, 0.2) is 12.1 Å². The number of alkyl halides is 3. The molecule has 0 aliphatic heterocycles. The second-order valence-corrected chi connectivity index (χ2v) is 5.35. The minimum atomic E-state index is -4.45. The van der Waals surface area contributed by atoms with Crippen LogP contribution in [0.5, 0.6) is 0 Å². The van der Waals surface area contributed by atoms with Gasteiger partial charge in [0, 0.05) is 20.1 Å². The number of rotatable bonds is 5. The van der Waals surface area contributed by atoms with Gasteiger partial charge in [-0.25, -0.2) is 0 Å². The van der Waals surface area contributed by atoms with E-state index in [2.05, 4.69) is 5.32 Å². The smallest absolute Gasteiger partial charge is 0.397 e. The molecule has 5 nitrogen and oxygen atoms in total. The summed E-state index contributed by atoms with van der Waals surface area (Å²) in [6.45, 7) is -1.37. The highest BCUT2D eigenvalue weighted by atomic mass is 19.4. The molecule has 1 aliphatic carbocycles. The Bertz CT molecular complexity index is 570. The number of benzene rings is 1. The first-order valence-electron chi connectivity index (χ1n) is 6.92. The minimum absolute atomic E-state index is 0.148. The highest BCUT2D eigenvalue weighted by Crippen LogP contribution is 2.36. The van der Waals surface area contributed by atoms with Crippen molar-refractivity contribution in [2.24, 2.45) is 0 Å². The van der Waals surface area contributed by atoms with Crippen molar-refractivity contribution in [2.45, 2.75) is 25.1 Å². The Balaban J connectivity index is 2.31. The summed E-state index contributed by atoms with van der Waals surface area (Å²) >= 11 is 0. The lowest BCUT2D eigenvalue weighted by atomic mass is 10.1. The lowest BCUT2D eigenvalue weighted by molar-refractivity contribution is -0.123. The van der Waals surface area contributed by atoms with Gasteiger partial charge in [-0.05, 0) is 25.0 Å². The van der Waals surface area contributed by atoms with Gasteiger partial charge >= 0.3 is 6.18 Å². The molecule has 4 N–H and O–H groups in total. The van der Waals surface area contributed by atoms with Gasteiger partial charge in [0.25, 0.3) is 5.91 Å². The predicted molar refractivity (Wildman–Crippen MR) is 80.2 cm³/mol. The number of anilines is 3. The van der Waals surface area contributed by atoms with E-state index in [0.29, 0.717) is 23.1 Å². The monoisotopic (exact) mass is 316 g/mol. The van der Waals surface area contributed by atoms with Crippen LogP contribution in [0.4, 0.5) is 30.2 Å². The molecule has 22 heavy (non-hydrogen) atoms. The number of halogens is 3. The predicted octanol–water partition coefficient (Wildman–Crippen LogP) is 2.20. The normalized spacial score (nSPS) is 14.6. The van der Waals surface area contributed by atoms with Crippen molar-refractivity contribution in [3.05, 3.63) is 17.7 Å². The summed E-state index contributed by atoms with van der Waals surface area (Å²) < 4.78 is 36.8. The summed E-state index contributed by atoms with van der Waals surface area (Å²) in [5.74, 6) is -0.783. The van der Waals surface area contributed by atoms with E-state index in [1.165, 1.54) is 6.07 Å². The number of nitrogen functional groups attached to an aromatic ring is 1. The van der Waals surface area contributed by atoms with Crippen molar-refractivity contribution < 1.29 is 18.0 Å². The van der Waals surface area contributed by atoms with Crippen LogP contribution in [0, 0.1) is 0 Å². The number of carbonyl (C=O) groups excluding carboxylic acids is 1. The van der Waals surface area contributed by atoms with Crippen molar-refractivity contribution in [1.82, 2.24) is 5.32 Å². The SMILES string of the molecule is CNc1cc(N(C)C2CC2)c(C(=O)NCC(F)(F)F)cc1N. The van der Waals surface area contributed by atoms with Crippen molar-refractivity contribution in [3.8, 4) is 0 Å². The molecular weight excluding hydrogens is 297 g/mol. The Hall–Kier alpha value is -2.12. The van der Waals surface area contributed by atoms with Crippen LogP contribution in [0.1, 0.15) is 23.2 Å². The van der Waals surface area contributed by atoms with Crippen molar-refractivity contribution in [1.29, 1.82) is 0 Å². The van der Waals surface area contributed by atoms with Crippen LogP contribution in [0.2, 0.25) is 0 Å². The lowest BCUT2D eigenvalue weighted by Gasteiger charge is -2.23. The molecule has 0 bridgehead atoms. The van der Waals surface area contributed by atoms with E-state index in [-0.39, 0.29) is 5.56 Å². The van der Waals surface area contributed by atoms with E-state index in [9.17, 15) is 18.0 Å². The Labute approximate surface area is 126 Å². The van der Waals surface area contributed by atoms with E-state index in [0.717, 1.165) is 12.8 Å². The third kappa shape index (κ3) is 3.75. The van der Waals surface area contributed by atoms with Gasteiger partial charge in [-0.3, -0.25) is 4.79 Å². The van der Waals surface area contributed by atoms with Crippen LogP contribution in [0.25, 0.3) is 0 Å². The zero-order valence-corrected chi connectivity index (χ0v) is 12.4. The van der Waals surface area contributed by atoms with E-state index in [4.69, 9.17) is 5.73 Å². The molecule has 1 aliphatic rings. The summed E-state index contributed by atoms with van der Waals surface area (Å²) in [6.07, 6.45) is -2.45. The lowest BCUT2D eigenvalue weighted by Crippen LogP contribution is -2.35.